The molecular formula is C9H17N3O. The molecule has 1 rings (SSSR count). The van der Waals surface area contributed by atoms with Crippen LogP contribution in [0, 0.1) is 6.92 Å². The lowest BCUT2D eigenvalue weighted by atomic mass is 9.95. The Balaban J connectivity index is 2.88. The molecule has 1 N–H and O–H groups in total. The van der Waals surface area contributed by atoms with Gasteiger partial charge in [-0.15, -0.1) is 5.10 Å². The summed E-state index contributed by atoms with van der Waals surface area (Å²) in [5.41, 5.74) is 0.813. The summed E-state index contributed by atoms with van der Waals surface area (Å²) in [6.45, 7) is 6.27. The molecule has 0 saturated carbocycles. The number of aromatic nitrogens is 3. The Kier molecular flexibility index (Phi) is 3.03. The van der Waals surface area contributed by atoms with Gasteiger partial charge in [-0.05, 0) is 26.7 Å². The van der Waals surface area contributed by atoms with E-state index in [0.29, 0.717) is 6.42 Å². The molecule has 13 heavy (non-hydrogen) atoms. The van der Waals surface area contributed by atoms with Gasteiger partial charge in [-0.2, -0.15) is 0 Å². The maximum atomic E-state index is 8.94. The second kappa shape index (κ2) is 3.87. The van der Waals surface area contributed by atoms with E-state index in [1.807, 2.05) is 17.8 Å². The molecule has 0 amide bonds. The Hall–Kier alpha value is -0.900. The first-order valence-corrected chi connectivity index (χ1v) is 4.62. The summed E-state index contributed by atoms with van der Waals surface area (Å²) in [6, 6.07) is 0. The molecule has 0 bridgehead atoms. The van der Waals surface area contributed by atoms with E-state index in [9.17, 15) is 0 Å². The van der Waals surface area contributed by atoms with E-state index in [0.717, 1.165) is 12.1 Å². The zero-order valence-corrected chi connectivity index (χ0v) is 8.49. The quantitative estimate of drug-likeness (QED) is 0.760. The summed E-state index contributed by atoms with van der Waals surface area (Å²) in [4.78, 5) is 0. The number of hydrogen-bond donors (Lipinski definition) is 1. The van der Waals surface area contributed by atoms with Crippen LogP contribution in [0.25, 0.3) is 0 Å². The highest BCUT2D eigenvalue weighted by Gasteiger charge is 2.24. The predicted molar refractivity (Wildman–Crippen MR) is 50.4 cm³/mol. The van der Waals surface area contributed by atoms with Gasteiger partial charge in [-0.1, -0.05) is 12.1 Å². The Morgan fingerprint density at radius 3 is 2.69 bits per heavy atom. The SMILES string of the molecule is CCC(C)(CCO)n1cc(C)nn1. The molecular weight excluding hydrogens is 166 g/mol. The highest BCUT2D eigenvalue weighted by Crippen LogP contribution is 2.22. The van der Waals surface area contributed by atoms with Crippen molar-refractivity contribution in [2.45, 2.75) is 39.2 Å². The normalized spacial score (nSPS) is 15.7. The Morgan fingerprint density at radius 2 is 2.31 bits per heavy atom. The third-order valence-corrected chi connectivity index (χ3v) is 2.57. The largest absolute Gasteiger partial charge is 0.396 e. The number of aliphatic hydroxyl groups is 1. The Labute approximate surface area is 78.6 Å². The number of hydrogen-bond acceptors (Lipinski definition) is 3. The molecule has 74 valence electrons. The summed E-state index contributed by atoms with van der Waals surface area (Å²) in [7, 11) is 0. The molecule has 0 spiro atoms. The Bertz CT molecular complexity index is 272. The lowest BCUT2D eigenvalue weighted by Crippen LogP contribution is -2.31. The van der Waals surface area contributed by atoms with Crippen molar-refractivity contribution in [2.75, 3.05) is 6.61 Å². The number of rotatable bonds is 4. The van der Waals surface area contributed by atoms with E-state index in [2.05, 4.69) is 24.2 Å². The van der Waals surface area contributed by atoms with Crippen LogP contribution in [0.15, 0.2) is 6.20 Å². The molecule has 0 saturated heterocycles. The molecule has 0 aromatic carbocycles. The highest BCUT2D eigenvalue weighted by molar-refractivity contribution is 4.92. The zero-order valence-electron chi connectivity index (χ0n) is 8.49. The zero-order chi connectivity index (χ0) is 9.90. The molecule has 1 aromatic rings. The van der Waals surface area contributed by atoms with Gasteiger partial charge in [0.25, 0.3) is 0 Å². The minimum absolute atomic E-state index is 0.101. The fourth-order valence-corrected chi connectivity index (χ4v) is 1.31. The van der Waals surface area contributed by atoms with Crippen LogP contribution >= 0.6 is 0 Å². The maximum absolute atomic E-state index is 8.94. The van der Waals surface area contributed by atoms with Gasteiger partial charge in [0.15, 0.2) is 0 Å². The molecule has 0 aliphatic carbocycles. The molecule has 1 atom stereocenters. The molecule has 1 unspecified atom stereocenters. The van der Waals surface area contributed by atoms with Gasteiger partial charge in [0.1, 0.15) is 0 Å². The van der Waals surface area contributed by atoms with Gasteiger partial charge < -0.3 is 5.11 Å². The topological polar surface area (TPSA) is 50.9 Å². The highest BCUT2D eigenvalue weighted by atomic mass is 16.3. The van der Waals surface area contributed by atoms with Crippen LogP contribution in [-0.4, -0.2) is 26.7 Å². The molecule has 4 heteroatoms. The fourth-order valence-electron chi connectivity index (χ4n) is 1.31. The number of nitrogens with zero attached hydrogens (tertiary/aromatic N) is 3. The molecule has 1 heterocycles. The first kappa shape index (κ1) is 10.2. The van der Waals surface area contributed by atoms with E-state index in [4.69, 9.17) is 5.11 Å². The van der Waals surface area contributed by atoms with Gasteiger partial charge in [-0.3, -0.25) is 0 Å². The van der Waals surface area contributed by atoms with Crippen molar-refractivity contribution in [1.82, 2.24) is 15.0 Å². The second-order valence-electron chi connectivity index (χ2n) is 3.63. The van der Waals surface area contributed by atoms with Gasteiger partial charge >= 0.3 is 0 Å². The standard InChI is InChI=1S/C9H17N3O/c1-4-9(3,5-6-13)12-7-8(2)10-11-12/h7,13H,4-6H2,1-3H3. The van der Waals surface area contributed by atoms with E-state index in [1.165, 1.54) is 0 Å². The summed E-state index contributed by atoms with van der Waals surface area (Å²) in [5, 5.41) is 16.9. The summed E-state index contributed by atoms with van der Waals surface area (Å²) >= 11 is 0. The van der Waals surface area contributed by atoms with Crippen LogP contribution in [0.2, 0.25) is 0 Å². The lowest BCUT2D eigenvalue weighted by molar-refractivity contribution is 0.178. The van der Waals surface area contributed by atoms with Crippen molar-refractivity contribution in [3.05, 3.63) is 11.9 Å². The molecule has 1 aromatic heterocycles. The van der Waals surface area contributed by atoms with Crippen LogP contribution in [0.4, 0.5) is 0 Å². The van der Waals surface area contributed by atoms with E-state index < -0.39 is 0 Å². The van der Waals surface area contributed by atoms with Gasteiger partial charge in [0.2, 0.25) is 0 Å². The minimum atomic E-state index is -0.101. The molecule has 0 aliphatic heterocycles. The average Bonchev–Trinajstić information content (AvgIpc) is 2.52. The maximum Gasteiger partial charge on any atom is 0.0796 e. The van der Waals surface area contributed by atoms with Crippen molar-refractivity contribution >= 4 is 0 Å². The summed E-state index contributed by atoms with van der Waals surface area (Å²) in [6.07, 6.45) is 3.57. The van der Waals surface area contributed by atoms with E-state index in [-0.39, 0.29) is 12.1 Å². The number of aryl methyl sites for hydroxylation is 1. The third kappa shape index (κ3) is 2.06. The summed E-state index contributed by atoms with van der Waals surface area (Å²) < 4.78 is 1.85. The van der Waals surface area contributed by atoms with Crippen LogP contribution in [0.3, 0.4) is 0 Å². The Morgan fingerprint density at radius 1 is 1.62 bits per heavy atom. The number of aliphatic hydroxyl groups excluding tert-OH is 1. The summed E-state index contributed by atoms with van der Waals surface area (Å²) in [5.74, 6) is 0. The monoisotopic (exact) mass is 183 g/mol. The molecule has 4 nitrogen and oxygen atoms in total. The van der Waals surface area contributed by atoms with E-state index >= 15 is 0 Å². The average molecular weight is 183 g/mol. The van der Waals surface area contributed by atoms with Crippen molar-refractivity contribution in [3.8, 4) is 0 Å². The van der Waals surface area contributed by atoms with Gasteiger partial charge in [0.05, 0.1) is 11.2 Å². The smallest absolute Gasteiger partial charge is 0.0796 e. The lowest BCUT2D eigenvalue weighted by Gasteiger charge is -2.27. The van der Waals surface area contributed by atoms with Crippen LogP contribution in [-0.2, 0) is 5.54 Å². The third-order valence-electron chi connectivity index (χ3n) is 2.57. The van der Waals surface area contributed by atoms with Gasteiger partial charge in [0, 0.05) is 12.8 Å². The first-order chi connectivity index (χ1) is 6.12. The molecule has 0 fully saturated rings. The van der Waals surface area contributed by atoms with Crippen LogP contribution < -0.4 is 0 Å². The van der Waals surface area contributed by atoms with Gasteiger partial charge in [-0.25, -0.2) is 4.68 Å². The first-order valence-electron chi connectivity index (χ1n) is 4.62. The van der Waals surface area contributed by atoms with E-state index in [1.54, 1.807) is 0 Å². The van der Waals surface area contributed by atoms with Crippen molar-refractivity contribution < 1.29 is 5.11 Å². The molecule has 0 radical (unpaired) electrons. The van der Waals surface area contributed by atoms with Crippen LogP contribution in [0.1, 0.15) is 32.4 Å². The molecule has 0 aliphatic rings. The minimum Gasteiger partial charge on any atom is -0.396 e. The van der Waals surface area contributed by atoms with Crippen molar-refractivity contribution in [2.24, 2.45) is 0 Å². The predicted octanol–water partition coefficient (Wildman–Crippen LogP) is 1.09. The second-order valence-corrected chi connectivity index (χ2v) is 3.63. The van der Waals surface area contributed by atoms with Crippen molar-refractivity contribution in [1.29, 1.82) is 0 Å². The fraction of sp³-hybridized carbons (Fsp3) is 0.778. The van der Waals surface area contributed by atoms with Crippen LogP contribution in [0.5, 0.6) is 0 Å². The van der Waals surface area contributed by atoms with Crippen molar-refractivity contribution in [3.63, 3.8) is 0 Å².